The summed E-state index contributed by atoms with van der Waals surface area (Å²) in [5, 5.41) is 15.8. The molecule has 0 aromatic carbocycles. The zero-order valence-electron chi connectivity index (χ0n) is 7.12. The van der Waals surface area contributed by atoms with Gasteiger partial charge in [-0.3, -0.25) is 9.59 Å². The van der Waals surface area contributed by atoms with E-state index < -0.39 is 11.9 Å². The summed E-state index contributed by atoms with van der Waals surface area (Å²) in [4.78, 5) is 19.3. The number of carbonyl (C=O) groups is 2. The van der Waals surface area contributed by atoms with Crippen molar-refractivity contribution in [1.82, 2.24) is 0 Å². The van der Waals surface area contributed by atoms with Gasteiger partial charge < -0.3 is 10.2 Å². The predicted molar refractivity (Wildman–Crippen MR) is 40.1 cm³/mol. The van der Waals surface area contributed by atoms with Gasteiger partial charge in [-0.1, -0.05) is 0 Å². The minimum Gasteiger partial charge on any atom is -0.481 e. The number of rotatable bonds is 3. The van der Waals surface area contributed by atoms with Gasteiger partial charge >= 0.3 is 30.8 Å². The Hall–Kier alpha value is -0.853. The third-order valence-corrected chi connectivity index (χ3v) is 0.553. The molecule has 0 unspecified atom stereocenters. The van der Waals surface area contributed by atoms with Crippen molar-refractivity contribution < 1.29 is 38.7 Å². The van der Waals surface area contributed by atoms with Gasteiger partial charge in [0.15, 0.2) is 0 Å². The molecule has 4 nitrogen and oxygen atoms in total. The van der Waals surface area contributed by atoms with E-state index in [1.165, 1.54) is 6.08 Å². The smallest absolute Gasteiger partial charge is 0.481 e. The van der Waals surface area contributed by atoms with Crippen LogP contribution < -0.4 is 18.9 Å². The first-order valence-electron chi connectivity index (χ1n) is 2.88. The minimum absolute atomic E-state index is 0. The Morgan fingerprint density at radius 1 is 1.25 bits per heavy atom. The van der Waals surface area contributed by atoms with Gasteiger partial charge in [0.2, 0.25) is 0 Å². The molecule has 0 aliphatic heterocycles. The summed E-state index contributed by atoms with van der Waals surface area (Å²) < 4.78 is 0. The number of hydrogen-bond acceptors (Lipinski definition) is 2. The summed E-state index contributed by atoms with van der Waals surface area (Å²) in [5.41, 5.74) is 0. The van der Waals surface area contributed by atoms with Gasteiger partial charge in [0.1, 0.15) is 0 Å². The van der Waals surface area contributed by atoms with Crippen LogP contribution in [0.3, 0.4) is 0 Å². The number of aliphatic carboxylic acids is 2. The second kappa shape index (κ2) is 12.8. The van der Waals surface area contributed by atoms with Crippen LogP contribution in [-0.4, -0.2) is 22.2 Å². The molecule has 5 heteroatoms. The Kier molecular flexibility index (Phi) is 18.4. The second-order valence-electron chi connectivity index (χ2n) is 1.58. The zero-order valence-corrected chi connectivity index (χ0v) is 7.12. The van der Waals surface area contributed by atoms with Crippen LogP contribution in [0.4, 0.5) is 0 Å². The van der Waals surface area contributed by atoms with Crippen molar-refractivity contribution in [2.75, 3.05) is 0 Å². The Balaban J connectivity index is -0.000000177. The van der Waals surface area contributed by atoms with Gasteiger partial charge in [0, 0.05) is 0 Å². The predicted octanol–water partition coefficient (Wildman–Crippen LogP) is -2.05. The van der Waals surface area contributed by atoms with Crippen molar-refractivity contribution in [1.29, 1.82) is 0 Å². The molecular weight excluding hydrogens is 155 g/mol. The summed E-state index contributed by atoms with van der Waals surface area (Å²) in [6, 6.07) is 0. The molecule has 0 spiro atoms. The number of allylic oxidation sites excluding steroid dienone is 1. The molecule has 0 rings (SSSR count). The molecule has 0 aliphatic rings. The Labute approximate surface area is 83.5 Å². The summed E-state index contributed by atoms with van der Waals surface area (Å²) >= 11 is 0. The average molecular weight is 166 g/mol. The maximum Gasteiger partial charge on any atom is 1.00 e. The topological polar surface area (TPSA) is 74.6 Å². The van der Waals surface area contributed by atoms with Crippen molar-refractivity contribution in [3.63, 3.8) is 0 Å². The molecule has 0 saturated carbocycles. The molecule has 0 bridgehead atoms. The molecule has 0 aromatic heterocycles. The minimum atomic E-state index is -1.08. The monoisotopic (exact) mass is 166 g/mol. The SMILES string of the molecule is C=C[CH2-].O=C(O)CCC(=O)O.[Li+]. The van der Waals surface area contributed by atoms with Gasteiger partial charge in [-0.25, -0.2) is 19.6 Å². The molecule has 0 aliphatic carbocycles. The van der Waals surface area contributed by atoms with E-state index in [-0.39, 0.29) is 31.7 Å². The summed E-state index contributed by atoms with van der Waals surface area (Å²) in [5.74, 6) is -2.15. The largest absolute Gasteiger partial charge is 1.00 e. The van der Waals surface area contributed by atoms with Crippen molar-refractivity contribution >= 4 is 11.9 Å². The van der Waals surface area contributed by atoms with Crippen LogP contribution in [0.1, 0.15) is 12.8 Å². The average Bonchev–Trinajstić information content (AvgIpc) is 1.85. The molecule has 2 N–H and O–H groups in total. The third-order valence-electron chi connectivity index (χ3n) is 0.553. The Morgan fingerprint density at radius 2 is 1.42 bits per heavy atom. The van der Waals surface area contributed by atoms with Crippen LogP contribution in [0.2, 0.25) is 0 Å². The van der Waals surface area contributed by atoms with E-state index in [0.29, 0.717) is 0 Å². The first kappa shape index (κ1) is 17.3. The van der Waals surface area contributed by atoms with Crippen LogP contribution in [0.25, 0.3) is 0 Å². The Bertz CT molecular complexity index is 130. The van der Waals surface area contributed by atoms with E-state index >= 15 is 0 Å². The normalized spacial score (nSPS) is 6.67. The number of carboxylic acid groups (broad SMARTS) is 2. The van der Waals surface area contributed by atoms with E-state index in [4.69, 9.17) is 10.2 Å². The fourth-order valence-corrected chi connectivity index (χ4v) is 0.214. The summed E-state index contributed by atoms with van der Waals surface area (Å²) in [6.45, 7) is 6.50. The molecule has 0 atom stereocenters. The van der Waals surface area contributed by atoms with Gasteiger partial charge in [0.05, 0.1) is 12.8 Å². The van der Waals surface area contributed by atoms with Gasteiger partial charge in [-0.2, -0.15) is 0 Å². The third kappa shape index (κ3) is 35.3. The van der Waals surface area contributed by atoms with E-state index in [1.54, 1.807) is 0 Å². The standard InChI is InChI=1S/C4H6O4.C3H5.Li/c5-3(6)1-2-4(7)8;1-3-2;/h1-2H2,(H,5,6)(H,7,8);3H,1-2H2;/q;-1;+1. The Morgan fingerprint density at radius 3 is 1.50 bits per heavy atom. The van der Waals surface area contributed by atoms with Gasteiger partial charge in [0.25, 0.3) is 0 Å². The van der Waals surface area contributed by atoms with Crippen molar-refractivity contribution in [2.45, 2.75) is 12.8 Å². The summed E-state index contributed by atoms with van der Waals surface area (Å²) in [6.07, 6.45) is 0.907. The van der Waals surface area contributed by atoms with Crippen LogP contribution >= 0.6 is 0 Å². The van der Waals surface area contributed by atoms with Crippen molar-refractivity contribution in [3.05, 3.63) is 19.6 Å². The molecule has 0 radical (unpaired) electrons. The van der Waals surface area contributed by atoms with E-state index in [9.17, 15) is 9.59 Å². The van der Waals surface area contributed by atoms with Crippen LogP contribution in [0.5, 0.6) is 0 Å². The first-order chi connectivity index (χ1) is 5.04. The van der Waals surface area contributed by atoms with Crippen molar-refractivity contribution in [3.8, 4) is 0 Å². The van der Waals surface area contributed by atoms with Crippen molar-refractivity contribution in [2.24, 2.45) is 0 Å². The molecule has 12 heavy (non-hydrogen) atoms. The molecule has 0 amide bonds. The maximum absolute atomic E-state index is 9.64. The number of hydrogen-bond donors (Lipinski definition) is 2. The first-order valence-corrected chi connectivity index (χ1v) is 2.88. The molecule has 0 saturated heterocycles. The van der Waals surface area contributed by atoms with Gasteiger partial charge in [-0.15, -0.1) is 0 Å². The molecule has 0 fully saturated rings. The quantitative estimate of drug-likeness (QED) is 0.373. The fraction of sp³-hybridized carbons (Fsp3) is 0.286. The fourth-order valence-electron chi connectivity index (χ4n) is 0.214. The maximum atomic E-state index is 9.64. The number of carboxylic acids is 2. The second-order valence-corrected chi connectivity index (χ2v) is 1.58. The van der Waals surface area contributed by atoms with Crippen LogP contribution in [0.15, 0.2) is 12.7 Å². The summed E-state index contributed by atoms with van der Waals surface area (Å²) in [7, 11) is 0. The molecule has 0 aromatic rings. The van der Waals surface area contributed by atoms with Crippen LogP contribution in [0, 0.1) is 6.92 Å². The van der Waals surface area contributed by atoms with Crippen LogP contribution in [-0.2, 0) is 9.59 Å². The molecule has 0 heterocycles. The van der Waals surface area contributed by atoms with E-state index in [1.807, 2.05) is 0 Å². The van der Waals surface area contributed by atoms with Gasteiger partial charge in [-0.05, 0) is 0 Å². The zero-order chi connectivity index (χ0) is 9.28. The molecule has 64 valence electrons. The van der Waals surface area contributed by atoms with E-state index in [2.05, 4.69) is 13.5 Å². The van der Waals surface area contributed by atoms with E-state index in [0.717, 1.165) is 0 Å². The molecular formula is C7H11LiO4.